The zero-order chi connectivity index (χ0) is 28.0. The maximum Gasteiger partial charge on any atom is 0.227 e. The Kier molecular flexibility index (Phi) is 9.32. The van der Waals surface area contributed by atoms with Gasteiger partial charge in [-0.25, -0.2) is 8.42 Å². The SMILES string of the molecule is CS(=O)(=O)c1ccc(-c2noc(CC3CCN(CCN(CC(=O)C4CCCCC4)c4ccccc4)CC3)n2)cc1. The number of aromatic nitrogens is 2. The van der Waals surface area contributed by atoms with Crippen molar-refractivity contribution in [1.82, 2.24) is 15.0 Å². The quantitative estimate of drug-likeness (QED) is 0.319. The Labute approximate surface area is 237 Å². The van der Waals surface area contributed by atoms with E-state index >= 15 is 0 Å². The van der Waals surface area contributed by atoms with Crippen LogP contribution in [-0.4, -0.2) is 68.2 Å². The molecule has 0 unspecified atom stereocenters. The fourth-order valence-electron chi connectivity index (χ4n) is 5.91. The van der Waals surface area contributed by atoms with Crippen LogP contribution in [0, 0.1) is 11.8 Å². The summed E-state index contributed by atoms with van der Waals surface area (Å²) < 4.78 is 28.9. The lowest BCUT2D eigenvalue weighted by atomic mass is 9.86. The minimum atomic E-state index is -3.24. The number of para-hydroxylation sites is 1. The second-order valence-corrected chi connectivity index (χ2v) is 13.4. The molecule has 3 aromatic rings. The largest absolute Gasteiger partial charge is 0.363 e. The molecule has 1 saturated carbocycles. The van der Waals surface area contributed by atoms with Crippen LogP contribution in [0.25, 0.3) is 11.4 Å². The van der Waals surface area contributed by atoms with Crippen LogP contribution < -0.4 is 4.90 Å². The second kappa shape index (κ2) is 13.1. The first kappa shape index (κ1) is 28.5. The van der Waals surface area contributed by atoms with E-state index < -0.39 is 9.84 Å². The number of carbonyl (C=O) groups is 1. The van der Waals surface area contributed by atoms with Gasteiger partial charge in [0.05, 0.1) is 11.4 Å². The highest BCUT2D eigenvalue weighted by atomic mass is 32.2. The molecule has 0 atom stereocenters. The number of hydrogen-bond acceptors (Lipinski definition) is 8. The molecule has 8 nitrogen and oxygen atoms in total. The highest BCUT2D eigenvalue weighted by Crippen LogP contribution is 2.26. The van der Waals surface area contributed by atoms with Gasteiger partial charge in [0.2, 0.25) is 11.7 Å². The first-order valence-corrected chi connectivity index (χ1v) is 16.4. The number of likely N-dealkylation sites (tertiary alicyclic amines) is 1. The Bertz CT molecular complexity index is 1340. The van der Waals surface area contributed by atoms with E-state index in [9.17, 15) is 13.2 Å². The van der Waals surface area contributed by atoms with Crippen molar-refractivity contribution in [2.45, 2.75) is 56.3 Å². The highest BCUT2D eigenvalue weighted by molar-refractivity contribution is 7.90. The van der Waals surface area contributed by atoms with E-state index in [4.69, 9.17) is 4.52 Å². The molecule has 0 radical (unpaired) electrons. The van der Waals surface area contributed by atoms with E-state index in [2.05, 4.69) is 32.1 Å². The summed E-state index contributed by atoms with van der Waals surface area (Å²) in [5.41, 5.74) is 1.86. The third-order valence-electron chi connectivity index (χ3n) is 8.39. The fourth-order valence-corrected chi connectivity index (χ4v) is 6.54. The van der Waals surface area contributed by atoms with Crippen molar-refractivity contribution in [2.24, 2.45) is 11.8 Å². The van der Waals surface area contributed by atoms with Gasteiger partial charge in [0, 0.05) is 42.9 Å². The van der Waals surface area contributed by atoms with E-state index in [1.807, 2.05) is 18.2 Å². The van der Waals surface area contributed by atoms with E-state index in [-0.39, 0.29) is 10.8 Å². The van der Waals surface area contributed by atoms with E-state index in [1.54, 1.807) is 24.3 Å². The standard InChI is InChI=1S/C31H40N4O4S/c1-40(37,38)28-14-12-26(13-15-28)31-32-30(39-33-31)22-24-16-18-34(19-17-24)20-21-35(27-10-6-3-7-11-27)23-29(36)25-8-4-2-5-9-25/h3,6-7,10-15,24-25H,2,4-5,8-9,16-23H2,1H3. The molecule has 1 aliphatic heterocycles. The van der Waals surface area contributed by atoms with E-state index in [1.165, 1.54) is 25.5 Å². The zero-order valence-electron chi connectivity index (χ0n) is 23.4. The third kappa shape index (κ3) is 7.57. The molecule has 0 amide bonds. The summed E-state index contributed by atoms with van der Waals surface area (Å²) >= 11 is 0. The number of rotatable bonds is 11. The lowest BCUT2D eigenvalue weighted by Gasteiger charge is -2.34. The summed E-state index contributed by atoms with van der Waals surface area (Å²) in [6.45, 7) is 4.31. The zero-order valence-corrected chi connectivity index (χ0v) is 24.2. The first-order chi connectivity index (χ1) is 19.3. The summed E-state index contributed by atoms with van der Waals surface area (Å²) in [5, 5.41) is 4.11. The average molecular weight is 565 g/mol. The Morgan fingerprint density at radius 3 is 2.35 bits per heavy atom. The van der Waals surface area contributed by atoms with Gasteiger partial charge in [0.1, 0.15) is 0 Å². The number of anilines is 1. The Morgan fingerprint density at radius 1 is 0.975 bits per heavy atom. The highest BCUT2D eigenvalue weighted by Gasteiger charge is 2.25. The lowest BCUT2D eigenvalue weighted by molar-refractivity contribution is -0.122. The first-order valence-electron chi connectivity index (χ1n) is 14.5. The molecule has 0 bridgehead atoms. The maximum absolute atomic E-state index is 13.1. The molecule has 2 aromatic carbocycles. The Morgan fingerprint density at radius 2 is 1.68 bits per heavy atom. The predicted molar refractivity (Wildman–Crippen MR) is 156 cm³/mol. The van der Waals surface area contributed by atoms with Gasteiger partial charge in [0.25, 0.3) is 0 Å². The summed E-state index contributed by atoms with van der Waals surface area (Å²) in [6, 6.07) is 16.9. The molecule has 5 rings (SSSR count). The van der Waals surface area contributed by atoms with Gasteiger partial charge in [-0.15, -0.1) is 0 Å². The molecule has 1 saturated heterocycles. The van der Waals surface area contributed by atoms with Crippen LogP contribution in [0.1, 0.15) is 50.8 Å². The molecule has 1 aromatic heterocycles. The van der Waals surface area contributed by atoms with Crippen molar-refractivity contribution in [1.29, 1.82) is 0 Å². The van der Waals surface area contributed by atoms with Crippen molar-refractivity contribution in [3.05, 3.63) is 60.5 Å². The number of carbonyl (C=O) groups excluding carboxylic acids is 1. The van der Waals surface area contributed by atoms with Gasteiger partial charge in [-0.2, -0.15) is 4.98 Å². The summed E-state index contributed by atoms with van der Waals surface area (Å²) in [6.07, 6.45) is 9.78. The lowest BCUT2D eigenvalue weighted by Crippen LogP contribution is -2.42. The van der Waals surface area contributed by atoms with Crippen molar-refractivity contribution in [3.63, 3.8) is 0 Å². The van der Waals surface area contributed by atoms with Crippen molar-refractivity contribution >= 4 is 21.3 Å². The number of nitrogens with zero attached hydrogens (tertiary/aromatic N) is 4. The number of piperidine rings is 1. The maximum atomic E-state index is 13.1. The third-order valence-corrected chi connectivity index (χ3v) is 9.52. The molecule has 2 heterocycles. The smallest absolute Gasteiger partial charge is 0.227 e. The summed E-state index contributed by atoms with van der Waals surface area (Å²) in [5.74, 6) is 2.21. The van der Waals surface area contributed by atoms with E-state index in [0.29, 0.717) is 30.0 Å². The van der Waals surface area contributed by atoms with Gasteiger partial charge in [-0.3, -0.25) is 4.79 Å². The predicted octanol–water partition coefficient (Wildman–Crippen LogP) is 5.05. The van der Waals surface area contributed by atoms with Crippen LogP contribution in [0.2, 0.25) is 0 Å². The summed E-state index contributed by atoms with van der Waals surface area (Å²) in [4.78, 5) is 22.7. The molecule has 214 valence electrons. The van der Waals surface area contributed by atoms with Crippen LogP contribution in [0.4, 0.5) is 5.69 Å². The molecular formula is C31H40N4O4S. The van der Waals surface area contributed by atoms with Gasteiger partial charge < -0.3 is 14.3 Å². The van der Waals surface area contributed by atoms with Crippen LogP contribution in [0.3, 0.4) is 0 Å². The van der Waals surface area contributed by atoms with Gasteiger partial charge in [-0.05, 0) is 81.1 Å². The Hall–Kier alpha value is -3.04. The van der Waals surface area contributed by atoms with Gasteiger partial charge >= 0.3 is 0 Å². The minimum absolute atomic E-state index is 0.229. The molecule has 2 fully saturated rings. The number of hydrogen-bond donors (Lipinski definition) is 0. The van der Waals surface area contributed by atoms with Crippen molar-refractivity contribution < 1.29 is 17.7 Å². The molecule has 1 aliphatic carbocycles. The Balaban J connectivity index is 1.11. The minimum Gasteiger partial charge on any atom is -0.363 e. The molecule has 0 spiro atoms. The number of sulfone groups is 1. The molecule has 2 aliphatic rings. The molecule has 9 heteroatoms. The molecule has 0 N–H and O–H groups in total. The normalized spacial score (nSPS) is 17.6. The topological polar surface area (TPSA) is 96.6 Å². The molecule has 40 heavy (non-hydrogen) atoms. The number of benzene rings is 2. The van der Waals surface area contributed by atoms with Crippen molar-refractivity contribution in [2.75, 3.05) is 43.9 Å². The monoisotopic (exact) mass is 564 g/mol. The molecular weight excluding hydrogens is 524 g/mol. The van der Waals surface area contributed by atoms with E-state index in [0.717, 1.165) is 69.5 Å². The number of ketones is 1. The van der Waals surface area contributed by atoms with Crippen LogP contribution in [-0.2, 0) is 21.1 Å². The van der Waals surface area contributed by atoms with Gasteiger partial charge in [0.15, 0.2) is 15.6 Å². The van der Waals surface area contributed by atoms with Crippen LogP contribution >= 0.6 is 0 Å². The van der Waals surface area contributed by atoms with Crippen LogP contribution in [0.15, 0.2) is 64.0 Å². The fraction of sp³-hybridized carbons (Fsp3) is 0.516. The van der Waals surface area contributed by atoms with Crippen LogP contribution in [0.5, 0.6) is 0 Å². The number of Topliss-reactive ketones (excluding diaryl/α,β-unsaturated/α-hetero) is 1. The average Bonchev–Trinajstić information content (AvgIpc) is 3.45. The van der Waals surface area contributed by atoms with Crippen molar-refractivity contribution in [3.8, 4) is 11.4 Å². The summed E-state index contributed by atoms with van der Waals surface area (Å²) in [7, 11) is -3.24. The second-order valence-electron chi connectivity index (χ2n) is 11.4. The van der Waals surface area contributed by atoms with Gasteiger partial charge in [-0.1, -0.05) is 42.6 Å².